The molecular weight excluding hydrogens is 166 g/mol. The Hall–Kier alpha value is -1.38. The number of carbonyl (C=O) groups excluding carboxylic acids is 2. The van der Waals surface area contributed by atoms with Gasteiger partial charge in [-0.2, -0.15) is 0 Å². The van der Waals surface area contributed by atoms with E-state index in [1.165, 1.54) is 0 Å². The quantitative estimate of drug-likeness (QED) is 0.647. The molecule has 0 spiro atoms. The van der Waals surface area contributed by atoms with Crippen molar-refractivity contribution >= 4 is 12.6 Å². The van der Waals surface area contributed by atoms with Crippen LogP contribution in [-0.4, -0.2) is 17.1 Å². The summed E-state index contributed by atoms with van der Waals surface area (Å²) in [5.41, 5.74) is 0.665. The molecule has 1 aromatic heterocycles. The van der Waals surface area contributed by atoms with Gasteiger partial charge in [0.1, 0.15) is 6.29 Å². The van der Waals surface area contributed by atoms with Gasteiger partial charge in [-0.15, -0.1) is 0 Å². The maximum atomic E-state index is 10.6. The zero-order chi connectivity index (χ0) is 9.68. The topological polar surface area (TPSA) is 39.1 Å². The van der Waals surface area contributed by atoms with Gasteiger partial charge in [0.25, 0.3) is 0 Å². The maximum absolute atomic E-state index is 10.6. The molecule has 0 amide bonds. The molecule has 13 heavy (non-hydrogen) atoms. The van der Waals surface area contributed by atoms with Crippen LogP contribution in [0.2, 0.25) is 0 Å². The van der Waals surface area contributed by atoms with Gasteiger partial charge in [0.05, 0.1) is 5.69 Å². The number of carbonyl (C=O) groups is 2. The molecule has 0 bridgehead atoms. The first kappa shape index (κ1) is 9.71. The lowest BCUT2D eigenvalue weighted by atomic mass is 10.2. The fraction of sp³-hybridized carbons (Fsp3) is 0.400. The highest BCUT2D eigenvalue weighted by Gasteiger charge is 2.06. The Labute approximate surface area is 77.4 Å². The average Bonchev–Trinajstić information content (AvgIpc) is 2.61. The summed E-state index contributed by atoms with van der Waals surface area (Å²) >= 11 is 0. The second-order valence-electron chi connectivity index (χ2n) is 3.05. The van der Waals surface area contributed by atoms with Gasteiger partial charge in [-0.1, -0.05) is 0 Å². The van der Waals surface area contributed by atoms with Gasteiger partial charge < -0.3 is 9.36 Å². The lowest BCUT2D eigenvalue weighted by Gasteiger charge is -2.13. The molecule has 0 fully saturated rings. The second kappa shape index (κ2) is 4.60. The van der Waals surface area contributed by atoms with Gasteiger partial charge in [-0.05, 0) is 25.5 Å². The smallest absolute Gasteiger partial charge is 0.166 e. The van der Waals surface area contributed by atoms with Crippen molar-refractivity contribution in [2.45, 2.75) is 25.8 Å². The molecule has 3 nitrogen and oxygen atoms in total. The van der Waals surface area contributed by atoms with Crippen molar-refractivity contribution in [2.24, 2.45) is 0 Å². The normalized spacial score (nSPS) is 12.4. The number of hydrogen-bond donors (Lipinski definition) is 0. The largest absolute Gasteiger partial charge is 0.343 e. The number of rotatable bonds is 5. The minimum absolute atomic E-state index is 0.209. The highest BCUT2D eigenvalue weighted by Crippen LogP contribution is 2.14. The monoisotopic (exact) mass is 179 g/mol. The molecule has 3 heteroatoms. The molecule has 0 aliphatic carbocycles. The fourth-order valence-corrected chi connectivity index (χ4v) is 1.36. The van der Waals surface area contributed by atoms with Crippen LogP contribution in [0.5, 0.6) is 0 Å². The van der Waals surface area contributed by atoms with Gasteiger partial charge in [0.15, 0.2) is 6.29 Å². The van der Waals surface area contributed by atoms with Gasteiger partial charge in [-0.3, -0.25) is 4.79 Å². The van der Waals surface area contributed by atoms with Crippen LogP contribution < -0.4 is 0 Å². The average molecular weight is 179 g/mol. The summed E-state index contributed by atoms with van der Waals surface area (Å²) < 4.78 is 1.89. The third kappa shape index (κ3) is 2.28. The van der Waals surface area contributed by atoms with Crippen LogP contribution in [0.1, 0.15) is 36.3 Å². The van der Waals surface area contributed by atoms with Crippen LogP contribution in [0.25, 0.3) is 0 Å². The zero-order valence-corrected chi connectivity index (χ0v) is 7.64. The highest BCUT2D eigenvalue weighted by molar-refractivity contribution is 5.72. The van der Waals surface area contributed by atoms with E-state index in [1.54, 1.807) is 6.07 Å². The summed E-state index contributed by atoms with van der Waals surface area (Å²) in [5, 5.41) is 0. The van der Waals surface area contributed by atoms with E-state index >= 15 is 0 Å². The standard InChI is InChI=1S/C10H13NO2/c1-9(4-3-7-12)11-6-2-5-10(11)8-13/h2,5-9H,3-4H2,1H3. The summed E-state index contributed by atoms with van der Waals surface area (Å²) in [6, 6.07) is 3.81. The van der Waals surface area contributed by atoms with E-state index in [-0.39, 0.29) is 6.04 Å². The molecule has 0 radical (unpaired) electrons. The lowest BCUT2D eigenvalue weighted by Crippen LogP contribution is -2.07. The van der Waals surface area contributed by atoms with Crippen LogP contribution >= 0.6 is 0 Å². The van der Waals surface area contributed by atoms with Crippen LogP contribution in [0.15, 0.2) is 18.3 Å². The first-order valence-electron chi connectivity index (χ1n) is 4.35. The SMILES string of the molecule is CC(CCC=O)n1cccc1C=O. The van der Waals surface area contributed by atoms with E-state index in [1.807, 2.05) is 23.8 Å². The Morgan fingerprint density at radius 2 is 2.31 bits per heavy atom. The van der Waals surface area contributed by atoms with Crippen LogP contribution in [0, 0.1) is 0 Å². The van der Waals surface area contributed by atoms with Gasteiger partial charge in [-0.25, -0.2) is 0 Å². The second-order valence-corrected chi connectivity index (χ2v) is 3.05. The zero-order valence-electron chi connectivity index (χ0n) is 7.64. The maximum Gasteiger partial charge on any atom is 0.166 e. The van der Waals surface area contributed by atoms with Crippen molar-refractivity contribution in [3.63, 3.8) is 0 Å². The molecule has 0 saturated carbocycles. The number of hydrogen-bond acceptors (Lipinski definition) is 2. The Bertz CT molecular complexity index is 291. The number of aldehydes is 2. The summed E-state index contributed by atoms with van der Waals surface area (Å²) in [6.07, 6.45) is 4.91. The van der Waals surface area contributed by atoms with Gasteiger partial charge >= 0.3 is 0 Å². The Morgan fingerprint density at radius 3 is 2.92 bits per heavy atom. The number of aromatic nitrogens is 1. The summed E-state index contributed by atoms with van der Waals surface area (Å²) in [7, 11) is 0. The highest BCUT2D eigenvalue weighted by atomic mass is 16.1. The summed E-state index contributed by atoms with van der Waals surface area (Å²) in [5.74, 6) is 0. The Balaban J connectivity index is 2.69. The molecule has 70 valence electrons. The van der Waals surface area contributed by atoms with E-state index in [9.17, 15) is 9.59 Å². The lowest BCUT2D eigenvalue weighted by molar-refractivity contribution is -0.108. The first-order valence-corrected chi connectivity index (χ1v) is 4.35. The number of nitrogens with zero attached hydrogens (tertiary/aromatic N) is 1. The van der Waals surface area contributed by atoms with Crippen molar-refractivity contribution in [1.29, 1.82) is 0 Å². The van der Waals surface area contributed by atoms with Crippen molar-refractivity contribution in [3.8, 4) is 0 Å². The van der Waals surface area contributed by atoms with Gasteiger partial charge in [0, 0.05) is 18.7 Å². The third-order valence-electron chi connectivity index (χ3n) is 2.11. The van der Waals surface area contributed by atoms with E-state index in [2.05, 4.69) is 0 Å². The molecule has 0 aliphatic rings. The third-order valence-corrected chi connectivity index (χ3v) is 2.11. The molecule has 0 N–H and O–H groups in total. The minimum Gasteiger partial charge on any atom is -0.343 e. The molecule has 1 heterocycles. The van der Waals surface area contributed by atoms with E-state index < -0.39 is 0 Å². The molecular formula is C10H13NO2. The predicted octanol–water partition coefficient (Wildman–Crippen LogP) is 1.84. The predicted molar refractivity (Wildman–Crippen MR) is 49.8 cm³/mol. The summed E-state index contributed by atoms with van der Waals surface area (Å²) in [6.45, 7) is 2.00. The van der Waals surface area contributed by atoms with Gasteiger partial charge in [0.2, 0.25) is 0 Å². The molecule has 0 aromatic carbocycles. The van der Waals surface area contributed by atoms with Crippen LogP contribution in [-0.2, 0) is 4.79 Å². The fourth-order valence-electron chi connectivity index (χ4n) is 1.36. The van der Waals surface area contributed by atoms with Crippen molar-refractivity contribution in [2.75, 3.05) is 0 Å². The van der Waals surface area contributed by atoms with Crippen molar-refractivity contribution in [1.82, 2.24) is 4.57 Å². The van der Waals surface area contributed by atoms with Crippen LogP contribution in [0.4, 0.5) is 0 Å². The molecule has 0 aliphatic heterocycles. The van der Waals surface area contributed by atoms with Crippen molar-refractivity contribution in [3.05, 3.63) is 24.0 Å². The van der Waals surface area contributed by atoms with E-state index in [0.29, 0.717) is 12.1 Å². The van der Waals surface area contributed by atoms with Crippen LogP contribution in [0.3, 0.4) is 0 Å². The Kier molecular flexibility index (Phi) is 3.43. The minimum atomic E-state index is 0.209. The van der Waals surface area contributed by atoms with E-state index in [0.717, 1.165) is 19.0 Å². The molecule has 1 atom stereocenters. The van der Waals surface area contributed by atoms with E-state index in [4.69, 9.17) is 0 Å². The Morgan fingerprint density at radius 1 is 1.54 bits per heavy atom. The molecule has 1 unspecified atom stereocenters. The molecule has 1 aromatic rings. The molecule has 1 rings (SSSR count). The summed E-state index contributed by atoms with van der Waals surface area (Å²) in [4.78, 5) is 20.7. The first-order chi connectivity index (χ1) is 6.29. The molecule has 0 saturated heterocycles. The van der Waals surface area contributed by atoms with Crippen molar-refractivity contribution < 1.29 is 9.59 Å².